The molecule has 0 aliphatic carbocycles. The molecule has 2 unspecified atom stereocenters. The number of aromatic carboxylic acids is 1. The predicted octanol–water partition coefficient (Wildman–Crippen LogP) is -0.212. The highest BCUT2D eigenvalue weighted by atomic mass is 19.1. The number of nitrogens with zero attached hydrogens (tertiary/aromatic N) is 1. The van der Waals surface area contributed by atoms with Crippen molar-refractivity contribution in [2.45, 2.75) is 18.6 Å². The van der Waals surface area contributed by atoms with Crippen LogP contribution in [0, 0.1) is 5.82 Å². The van der Waals surface area contributed by atoms with Crippen molar-refractivity contribution in [3.8, 4) is 0 Å². The van der Waals surface area contributed by atoms with Crippen molar-refractivity contribution in [2.75, 3.05) is 0 Å². The van der Waals surface area contributed by atoms with Gasteiger partial charge < -0.3 is 20.4 Å². The summed E-state index contributed by atoms with van der Waals surface area (Å²) in [6.45, 7) is 0. The summed E-state index contributed by atoms with van der Waals surface area (Å²) >= 11 is 0. The van der Waals surface area contributed by atoms with Crippen LogP contribution in [-0.2, 0) is 4.79 Å². The van der Waals surface area contributed by atoms with Crippen molar-refractivity contribution < 1.29 is 34.4 Å². The van der Waals surface area contributed by atoms with E-state index in [-0.39, 0.29) is 0 Å². The Labute approximate surface area is 100 Å². The molecule has 1 aromatic rings. The first-order valence-corrected chi connectivity index (χ1v) is 4.80. The number of carbonyl (C=O) groups is 2. The van der Waals surface area contributed by atoms with E-state index in [1.807, 2.05) is 0 Å². The second-order valence-electron chi connectivity index (χ2n) is 3.47. The van der Waals surface area contributed by atoms with Crippen LogP contribution in [0.3, 0.4) is 0 Å². The van der Waals surface area contributed by atoms with Crippen LogP contribution in [0.15, 0.2) is 12.3 Å². The van der Waals surface area contributed by atoms with E-state index >= 15 is 0 Å². The number of halogens is 1. The fourth-order valence-electron chi connectivity index (χ4n) is 1.30. The zero-order valence-electron chi connectivity index (χ0n) is 8.95. The van der Waals surface area contributed by atoms with E-state index in [0.29, 0.717) is 0 Å². The molecule has 0 amide bonds. The van der Waals surface area contributed by atoms with Crippen LogP contribution in [0.2, 0.25) is 0 Å². The van der Waals surface area contributed by atoms with Gasteiger partial charge in [0.1, 0.15) is 11.8 Å². The van der Waals surface area contributed by atoms with Crippen LogP contribution < -0.4 is 0 Å². The minimum absolute atomic E-state index is 0.705. The summed E-state index contributed by atoms with van der Waals surface area (Å²) < 4.78 is 13.6. The Bertz CT molecular complexity index is 477. The van der Waals surface area contributed by atoms with Gasteiger partial charge in [-0.05, 0) is 6.07 Å². The molecule has 0 saturated carbocycles. The van der Waals surface area contributed by atoms with Gasteiger partial charge in [-0.2, -0.15) is 0 Å². The third-order valence-corrected chi connectivity index (χ3v) is 2.17. The van der Waals surface area contributed by atoms with E-state index in [1.54, 1.807) is 0 Å². The Morgan fingerprint density at radius 1 is 1.33 bits per heavy atom. The number of aliphatic hydroxyl groups excluding tert-OH is 2. The maximum atomic E-state index is 13.6. The summed E-state index contributed by atoms with van der Waals surface area (Å²) in [5, 5.41) is 35.9. The summed E-state index contributed by atoms with van der Waals surface area (Å²) in [5.41, 5.74) is -1.43. The first-order chi connectivity index (χ1) is 8.34. The lowest BCUT2D eigenvalue weighted by molar-refractivity contribution is -0.141. The molecule has 98 valence electrons. The molecule has 7 nitrogen and oxygen atoms in total. The molecule has 0 aromatic carbocycles. The summed E-state index contributed by atoms with van der Waals surface area (Å²) in [6, 6.07) is 0.886. The lowest BCUT2D eigenvalue weighted by atomic mass is 10.0. The maximum Gasteiger partial charge on any atom is 0.338 e. The summed E-state index contributed by atoms with van der Waals surface area (Å²) in [7, 11) is 0. The minimum atomic E-state index is -1.92. The molecule has 18 heavy (non-hydrogen) atoms. The van der Waals surface area contributed by atoms with Crippen LogP contribution in [0.1, 0.15) is 28.6 Å². The van der Waals surface area contributed by atoms with Crippen LogP contribution in [0.4, 0.5) is 4.39 Å². The molecule has 8 heteroatoms. The van der Waals surface area contributed by atoms with Gasteiger partial charge in [0.05, 0.1) is 18.1 Å². The van der Waals surface area contributed by atoms with E-state index in [1.165, 1.54) is 0 Å². The van der Waals surface area contributed by atoms with Gasteiger partial charge in [0.2, 0.25) is 0 Å². The Hall–Kier alpha value is -2.06. The van der Waals surface area contributed by atoms with Crippen LogP contribution >= 0.6 is 0 Å². The molecule has 0 aliphatic heterocycles. The molecule has 4 N–H and O–H groups in total. The number of aromatic nitrogens is 1. The molecule has 1 rings (SSSR count). The van der Waals surface area contributed by atoms with Crippen LogP contribution in [-0.4, -0.2) is 43.5 Å². The maximum absolute atomic E-state index is 13.6. The molecule has 1 heterocycles. The molecule has 0 radical (unpaired) electrons. The van der Waals surface area contributed by atoms with E-state index in [9.17, 15) is 24.2 Å². The number of rotatable bonds is 5. The largest absolute Gasteiger partial charge is 0.481 e. The van der Waals surface area contributed by atoms with Gasteiger partial charge in [-0.25, -0.2) is 9.18 Å². The molecule has 0 saturated heterocycles. The molecule has 0 bridgehead atoms. The summed E-state index contributed by atoms with van der Waals surface area (Å²) in [5.74, 6) is -4.26. The molecule has 0 fully saturated rings. The van der Waals surface area contributed by atoms with E-state index in [4.69, 9.17) is 10.2 Å². The van der Waals surface area contributed by atoms with Crippen molar-refractivity contribution in [3.05, 3.63) is 29.3 Å². The third kappa shape index (κ3) is 2.99. The SMILES string of the molecule is O=C(O)CC(O)C(O)c1nccc(C(=O)O)c1F. The van der Waals surface area contributed by atoms with Crippen molar-refractivity contribution in [3.63, 3.8) is 0 Å². The fourth-order valence-corrected chi connectivity index (χ4v) is 1.30. The topological polar surface area (TPSA) is 128 Å². The Morgan fingerprint density at radius 2 is 1.94 bits per heavy atom. The Morgan fingerprint density at radius 3 is 2.44 bits per heavy atom. The van der Waals surface area contributed by atoms with E-state index in [2.05, 4.69) is 4.98 Å². The zero-order valence-corrected chi connectivity index (χ0v) is 8.95. The normalized spacial score (nSPS) is 13.9. The highest BCUT2D eigenvalue weighted by Crippen LogP contribution is 2.22. The second kappa shape index (κ2) is 5.52. The van der Waals surface area contributed by atoms with E-state index in [0.717, 1.165) is 12.3 Å². The van der Waals surface area contributed by atoms with Crippen molar-refractivity contribution in [1.82, 2.24) is 4.98 Å². The number of aliphatic carboxylic acids is 1. The summed E-state index contributed by atoms with van der Waals surface area (Å²) in [6.07, 6.45) is -3.58. The summed E-state index contributed by atoms with van der Waals surface area (Å²) in [4.78, 5) is 24.4. The highest BCUT2D eigenvalue weighted by molar-refractivity contribution is 5.87. The first-order valence-electron chi connectivity index (χ1n) is 4.80. The highest BCUT2D eigenvalue weighted by Gasteiger charge is 2.27. The lowest BCUT2D eigenvalue weighted by Gasteiger charge is -2.16. The van der Waals surface area contributed by atoms with Gasteiger partial charge in [0, 0.05) is 6.20 Å². The van der Waals surface area contributed by atoms with Gasteiger partial charge in [-0.3, -0.25) is 9.78 Å². The molecule has 0 spiro atoms. The number of hydrogen-bond acceptors (Lipinski definition) is 5. The average molecular weight is 259 g/mol. The molecular formula is C10H10FNO6. The molecule has 0 aliphatic rings. The van der Waals surface area contributed by atoms with E-state index < -0.39 is 47.6 Å². The second-order valence-corrected chi connectivity index (χ2v) is 3.47. The Kier molecular flexibility index (Phi) is 4.29. The van der Waals surface area contributed by atoms with Crippen molar-refractivity contribution in [2.24, 2.45) is 0 Å². The van der Waals surface area contributed by atoms with Crippen molar-refractivity contribution in [1.29, 1.82) is 0 Å². The average Bonchev–Trinajstić information content (AvgIpc) is 2.27. The predicted molar refractivity (Wildman–Crippen MR) is 54.4 cm³/mol. The number of carboxylic acid groups (broad SMARTS) is 2. The van der Waals surface area contributed by atoms with Crippen molar-refractivity contribution >= 4 is 11.9 Å². The van der Waals surface area contributed by atoms with Gasteiger partial charge in [0.15, 0.2) is 5.82 Å². The van der Waals surface area contributed by atoms with Crippen LogP contribution in [0.5, 0.6) is 0 Å². The standard InChI is InChI=1S/C10H10FNO6/c11-7-4(10(17)18)1-2-12-8(7)9(16)5(13)3-6(14)15/h1-2,5,9,13,16H,3H2,(H,14,15)(H,17,18). The number of hydrogen-bond donors (Lipinski definition) is 4. The smallest absolute Gasteiger partial charge is 0.338 e. The number of aliphatic hydroxyl groups is 2. The minimum Gasteiger partial charge on any atom is -0.481 e. The molecular weight excluding hydrogens is 249 g/mol. The monoisotopic (exact) mass is 259 g/mol. The number of pyridine rings is 1. The Balaban J connectivity index is 3.06. The zero-order chi connectivity index (χ0) is 13.9. The van der Waals surface area contributed by atoms with Crippen LogP contribution in [0.25, 0.3) is 0 Å². The molecule has 2 atom stereocenters. The quantitative estimate of drug-likeness (QED) is 0.575. The fraction of sp³-hybridized carbons (Fsp3) is 0.300. The van der Waals surface area contributed by atoms with Gasteiger partial charge in [-0.1, -0.05) is 0 Å². The third-order valence-electron chi connectivity index (χ3n) is 2.17. The lowest BCUT2D eigenvalue weighted by Crippen LogP contribution is -2.24. The van der Waals surface area contributed by atoms with Gasteiger partial charge in [0.25, 0.3) is 0 Å². The first kappa shape index (κ1) is 14.0. The van der Waals surface area contributed by atoms with Gasteiger partial charge >= 0.3 is 11.9 Å². The van der Waals surface area contributed by atoms with Gasteiger partial charge in [-0.15, -0.1) is 0 Å². The molecule has 1 aromatic heterocycles. The number of carboxylic acids is 2.